The maximum absolute atomic E-state index is 14.7. The van der Waals surface area contributed by atoms with E-state index < -0.39 is 17.3 Å². The minimum Gasteiger partial charge on any atom is -0.497 e. The molecule has 2 atom stereocenters. The summed E-state index contributed by atoms with van der Waals surface area (Å²) in [4.78, 5) is 43.7. The largest absolute Gasteiger partial charge is 0.497 e. The van der Waals surface area contributed by atoms with Crippen LogP contribution in [0, 0.1) is 11.8 Å². The van der Waals surface area contributed by atoms with Crippen molar-refractivity contribution in [2.45, 2.75) is 17.8 Å². The SMILES string of the molecule is COc1ccc(CC(=O)N/N=C/C23c4ccccc4C(c4ccccc42)C2C(=O)N(c4cccc5ccccc45)C(=O)C23)cc1. The maximum atomic E-state index is 14.7. The number of imide groups is 1. The molecule has 5 aromatic carbocycles. The van der Waals surface area contributed by atoms with Crippen LogP contribution < -0.4 is 15.1 Å². The summed E-state index contributed by atoms with van der Waals surface area (Å²) in [5, 5.41) is 6.32. The number of rotatable bonds is 6. The number of nitrogens with zero attached hydrogens (tertiary/aromatic N) is 2. The Morgan fingerprint density at radius 1 is 0.822 bits per heavy atom. The fraction of sp³-hybridized carbons (Fsp3) is 0.158. The first-order valence-electron chi connectivity index (χ1n) is 15.0. The van der Waals surface area contributed by atoms with Gasteiger partial charge in [0.15, 0.2) is 0 Å². The number of carbonyl (C=O) groups is 3. The van der Waals surface area contributed by atoms with E-state index in [0.29, 0.717) is 11.4 Å². The van der Waals surface area contributed by atoms with Gasteiger partial charge >= 0.3 is 0 Å². The second-order valence-electron chi connectivity index (χ2n) is 11.9. The molecule has 1 heterocycles. The predicted octanol–water partition coefficient (Wildman–Crippen LogP) is 5.74. The zero-order valence-corrected chi connectivity index (χ0v) is 24.5. The first kappa shape index (κ1) is 27.0. The highest BCUT2D eigenvalue weighted by Gasteiger charge is 2.68. The zero-order valence-electron chi connectivity index (χ0n) is 24.5. The highest BCUT2D eigenvalue weighted by Crippen LogP contribution is 2.63. The van der Waals surface area contributed by atoms with Gasteiger partial charge in [-0.3, -0.25) is 14.4 Å². The Morgan fingerprint density at radius 2 is 1.47 bits per heavy atom. The van der Waals surface area contributed by atoms with Crippen molar-refractivity contribution >= 4 is 40.4 Å². The van der Waals surface area contributed by atoms with Crippen LogP contribution in [0.3, 0.4) is 0 Å². The van der Waals surface area contributed by atoms with Crippen molar-refractivity contribution in [3.05, 3.63) is 143 Å². The van der Waals surface area contributed by atoms with Crippen molar-refractivity contribution in [2.24, 2.45) is 16.9 Å². The number of benzene rings is 5. The standard InChI is InChI=1S/C38H29N3O4/c1-45-25-19-17-23(18-20-25)21-32(42)40-39-22-38-29-14-6-4-12-27(29)33(28-13-5-7-15-30(28)38)34-35(38)37(44)41(36(34)43)31-16-8-10-24-9-2-3-11-26(24)31/h2-20,22,33-35H,21H2,1H3,(H,40,42)/b39-22+. The highest BCUT2D eigenvalue weighted by molar-refractivity contribution is 6.27. The van der Waals surface area contributed by atoms with Crippen LogP contribution in [-0.4, -0.2) is 31.0 Å². The lowest BCUT2D eigenvalue weighted by molar-refractivity contribution is -0.123. The Hall–Kier alpha value is -5.56. The van der Waals surface area contributed by atoms with Crippen LogP contribution in [0.1, 0.15) is 33.7 Å². The van der Waals surface area contributed by atoms with E-state index in [1.807, 2.05) is 103 Å². The number of anilines is 1. The third-order valence-corrected chi connectivity index (χ3v) is 9.67. The average Bonchev–Trinajstić information content (AvgIpc) is 3.35. The second kappa shape index (κ2) is 10.3. The molecule has 4 aliphatic rings. The predicted molar refractivity (Wildman–Crippen MR) is 172 cm³/mol. The van der Waals surface area contributed by atoms with Crippen LogP contribution in [0.25, 0.3) is 10.8 Å². The molecule has 1 aliphatic heterocycles. The monoisotopic (exact) mass is 591 g/mol. The molecule has 45 heavy (non-hydrogen) atoms. The quantitative estimate of drug-likeness (QED) is 0.155. The van der Waals surface area contributed by atoms with E-state index in [9.17, 15) is 14.4 Å². The smallest absolute Gasteiger partial charge is 0.244 e. The van der Waals surface area contributed by atoms with E-state index in [0.717, 1.165) is 38.6 Å². The molecule has 1 fully saturated rings. The molecule has 2 bridgehead atoms. The Bertz CT molecular complexity index is 2000. The lowest BCUT2D eigenvalue weighted by atomic mass is 9.47. The van der Waals surface area contributed by atoms with Gasteiger partial charge in [0.1, 0.15) is 5.75 Å². The van der Waals surface area contributed by atoms with Gasteiger partial charge in [-0.2, -0.15) is 5.10 Å². The van der Waals surface area contributed by atoms with Gasteiger partial charge in [0.2, 0.25) is 17.7 Å². The Morgan fingerprint density at radius 3 is 2.18 bits per heavy atom. The third-order valence-electron chi connectivity index (χ3n) is 9.67. The van der Waals surface area contributed by atoms with E-state index >= 15 is 0 Å². The Labute approximate surface area is 260 Å². The first-order chi connectivity index (χ1) is 22.0. The number of amides is 3. The van der Waals surface area contributed by atoms with Crippen molar-refractivity contribution < 1.29 is 19.1 Å². The topological polar surface area (TPSA) is 88.1 Å². The van der Waals surface area contributed by atoms with Gasteiger partial charge in [0.05, 0.1) is 36.5 Å². The fourth-order valence-corrected chi connectivity index (χ4v) is 7.86. The summed E-state index contributed by atoms with van der Waals surface area (Å²) in [5.41, 5.74) is 6.94. The van der Waals surface area contributed by atoms with Crippen LogP contribution in [0.5, 0.6) is 5.75 Å². The lowest BCUT2D eigenvalue weighted by Crippen LogP contribution is -2.54. The van der Waals surface area contributed by atoms with Crippen molar-refractivity contribution in [1.29, 1.82) is 0 Å². The van der Waals surface area contributed by atoms with Crippen molar-refractivity contribution in [3.63, 3.8) is 0 Å². The lowest BCUT2D eigenvalue weighted by Gasteiger charge is -2.52. The number of ether oxygens (including phenoxy) is 1. The van der Waals surface area contributed by atoms with Gasteiger partial charge in [-0.25, -0.2) is 10.3 Å². The van der Waals surface area contributed by atoms with E-state index in [1.165, 1.54) is 4.90 Å². The molecule has 9 rings (SSSR count). The van der Waals surface area contributed by atoms with Gasteiger partial charge in [-0.05, 0) is 51.4 Å². The van der Waals surface area contributed by atoms with Crippen molar-refractivity contribution in [1.82, 2.24) is 5.43 Å². The van der Waals surface area contributed by atoms with Gasteiger partial charge < -0.3 is 4.74 Å². The molecule has 0 aromatic heterocycles. The molecule has 7 heteroatoms. The van der Waals surface area contributed by atoms with Crippen molar-refractivity contribution in [2.75, 3.05) is 12.0 Å². The molecule has 3 aliphatic carbocycles. The van der Waals surface area contributed by atoms with Crippen LogP contribution in [0.2, 0.25) is 0 Å². The number of hydrogen-bond donors (Lipinski definition) is 1. The Kier molecular flexibility index (Phi) is 6.17. The summed E-state index contributed by atoms with van der Waals surface area (Å²) in [5.74, 6) is -1.68. The molecule has 1 saturated heterocycles. The number of methoxy groups -OCH3 is 1. The molecular weight excluding hydrogens is 562 g/mol. The molecule has 220 valence electrons. The van der Waals surface area contributed by atoms with Gasteiger partial charge in [0, 0.05) is 17.5 Å². The van der Waals surface area contributed by atoms with Crippen LogP contribution >= 0.6 is 0 Å². The molecule has 2 unspecified atom stereocenters. The summed E-state index contributed by atoms with van der Waals surface area (Å²) in [6, 6.07) is 36.8. The minimum absolute atomic E-state index is 0.127. The van der Waals surface area contributed by atoms with Gasteiger partial charge in [0.25, 0.3) is 0 Å². The normalized spacial score (nSPS) is 22.8. The molecule has 1 N–H and O–H groups in total. The van der Waals surface area contributed by atoms with E-state index in [1.54, 1.807) is 13.3 Å². The zero-order chi connectivity index (χ0) is 30.7. The van der Waals surface area contributed by atoms with E-state index in [-0.39, 0.29) is 30.1 Å². The number of hydrogen-bond acceptors (Lipinski definition) is 5. The highest BCUT2D eigenvalue weighted by atomic mass is 16.5. The Balaban J connectivity index is 1.24. The number of hydrazone groups is 1. The van der Waals surface area contributed by atoms with Crippen LogP contribution in [0.15, 0.2) is 120 Å². The molecule has 5 aromatic rings. The summed E-state index contributed by atoms with van der Waals surface area (Å²) < 4.78 is 5.22. The van der Waals surface area contributed by atoms with Gasteiger partial charge in [-0.1, -0.05) is 97.1 Å². The summed E-state index contributed by atoms with van der Waals surface area (Å²) in [6.45, 7) is 0. The van der Waals surface area contributed by atoms with E-state index in [2.05, 4.69) is 22.7 Å². The number of fused-ring (bicyclic) bond motifs is 1. The molecular formula is C38H29N3O4. The number of carbonyl (C=O) groups excluding carboxylic acids is 3. The second-order valence-corrected chi connectivity index (χ2v) is 11.9. The summed E-state index contributed by atoms with van der Waals surface area (Å²) in [6.07, 6.45) is 1.82. The molecule has 0 spiro atoms. The molecule has 3 amide bonds. The molecule has 7 nitrogen and oxygen atoms in total. The summed E-state index contributed by atoms with van der Waals surface area (Å²) in [7, 11) is 1.60. The van der Waals surface area contributed by atoms with E-state index in [4.69, 9.17) is 4.74 Å². The summed E-state index contributed by atoms with van der Waals surface area (Å²) >= 11 is 0. The van der Waals surface area contributed by atoms with Crippen molar-refractivity contribution in [3.8, 4) is 5.75 Å². The minimum atomic E-state index is -1.06. The van der Waals surface area contributed by atoms with Gasteiger partial charge in [-0.15, -0.1) is 0 Å². The first-order valence-corrected chi connectivity index (χ1v) is 15.0. The molecule has 0 radical (unpaired) electrons. The maximum Gasteiger partial charge on any atom is 0.244 e. The van der Waals surface area contributed by atoms with Crippen LogP contribution in [0.4, 0.5) is 5.69 Å². The van der Waals surface area contributed by atoms with Crippen LogP contribution in [-0.2, 0) is 26.2 Å². The fourth-order valence-electron chi connectivity index (χ4n) is 7.86. The number of nitrogens with one attached hydrogen (secondary N) is 1. The molecule has 0 saturated carbocycles. The third kappa shape index (κ3) is 3.90. The average molecular weight is 592 g/mol.